The Morgan fingerprint density at radius 1 is 1.58 bits per heavy atom. The molecule has 0 bridgehead atoms. The van der Waals surface area contributed by atoms with Gasteiger partial charge in [-0.25, -0.2) is 4.39 Å². The van der Waals surface area contributed by atoms with Gasteiger partial charge in [0.2, 0.25) is 0 Å². The quantitative estimate of drug-likeness (QED) is 0.470. The number of anilines is 1. The van der Waals surface area contributed by atoms with Crippen LogP contribution in [0.2, 0.25) is 0 Å². The molecular weight excluding hydrogens is 323 g/mol. The average Bonchev–Trinajstić information content (AvgIpc) is 2.31. The van der Waals surface area contributed by atoms with Crippen LogP contribution in [0.5, 0.6) is 0 Å². The molecule has 0 spiro atoms. The Labute approximate surface area is 117 Å². The summed E-state index contributed by atoms with van der Waals surface area (Å²) in [6, 6.07) is 2.06. The van der Waals surface area contributed by atoms with Gasteiger partial charge in [0.05, 0.1) is 16.0 Å². The number of carbonyl (C=O) groups is 1. The molecule has 0 saturated heterocycles. The van der Waals surface area contributed by atoms with Crippen LogP contribution in [-0.4, -0.2) is 31.1 Å². The molecular formula is C11H12BrFN2O4. The largest absolute Gasteiger partial charge is 0.465 e. The molecule has 0 unspecified atom stereocenters. The van der Waals surface area contributed by atoms with E-state index in [9.17, 15) is 19.3 Å². The van der Waals surface area contributed by atoms with Crippen LogP contribution >= 0.6 is 15.9 Å². The Kier molecular flexibility index (Phi) is 5.22. The number of ether oxygens (including phenoxy) is 1. The van der Waals surface area contributed by atoms with Gasteiger partial charge in [0, 0.05) is 19.2 Å². The van der Waals surface area contributed by atoms with Gasteiger partial charge in [-0.05, 0) is 22.9 Å². The van der Waals surface area contributed by atoms with Crippen molar-refractivity contribution in [2.45, 2.75) is 6.92 Å². The number of hydrogen-bond acceptors (Lipinski definition) is 5. The standard InChI is InChI=1S/C11H12BrFN2O4/c1-3-19-11(16)6-14(2)9-5-8(13)7(12)4-10(9)15(17)18/h4-5H,3,6H2,1-2H3. The zero-order valence-corrected chi connectivity index (χ0v) is 11.9. The molecule has 1 aromatic rings. The van der Waals surface area contributed by atoms with E-state index in [1.807, 2.05) is 0 Å². The van der Waals surface area contributed by atoms with Gasteiger partial charge in [0.25, 0.3) is 5.69 Å². The van der Waals surface area contributed by atoms with Crippen LogP contribution in [-0.2, 0) is 9.53 Å². The van der Waals surface area contributed by atoms with Gasteiger partial charge in [-0.1, -0.05) is 0 Å². The number of nitro benzene ring substituents is 1. The van der Waals surface area contributed by atoms with E-state index in [4.69, 9.17) is 4.74 Å². The summed E-state index contributed by atoms with van der Waals surface area (Å²) in [6.07, 6.45) is 0. The number of halogens is 2. The molecule has 0 saturated carbocycles. The lowest BCUT2D eigenvalue weighted by Crippen LogP contribution is -2.27. The van der Waals surface area contributed by atoms with Crippen molar-refractivity contribution in [2.75, 3.05) is 25.1 Å². The summed E-state index contributed by atoms with van der Waals surface area (Å²) in [4.78, 5) is 22.9. The molecule has 0 N–H and O–H groups in total. The van der Waals surface area contributed by atoms with Crippen LogP contribution in [0, 0.1) is 15.9 Å². The van der Waals surface area contributed by atoms with E-state index in [-0.39, 0.29) is 29.0 Å². The molecule has 0 fully saturated rings. The summed E-state index contributed by atoms with van der Waals surface area (Å²) in [5.74, 6) is -1.18. The first-order valence-electron chi connectivity index (χ1n) is 5.37. The Balaban J connectivity index is 3.07. The van der Waals surface area contributed by atoms with Gasteiger partial charge in [0.1, 0.15) is 18.0 Å². The van der Waals surface area contributed by atoms with E-state index in [0.29, 0.717) is 0 Å². The maximum absolute atomic E-state index is 13.5. The number of nitro groups is 1. The highest BCUT2D eigenvalue weighted by Crippen LogP contribution is 2.32. The Morgan fingerprint density at radius 2 is 2.21 bits per heavy atom. The Bertz CT molecular complexity index is 510. The predicted molar refractivity (Wildman–Crippen MR) is 70.7 cm³/mol. The number of likely N-dealkylation sites (N-methyl/N-ethyl adjacent to an activating group) is 1. The SMILES string of the molecule is CCOC(=O)CN(C)c1cc(F)c(Br)cc1[N+](=O)[O-]. The molecule has 0 amide bonds. The van der Waals surface area contributed by atoms with Gasteiger partial charge in [-0.3, -0.25) is 14.9 Å². The monoisotopic (exact) mass is 334 g/mol. The van der Waals surface area contributed by atoms with Crippen LogP contribution in [0.25, 0.3) is 0 Å². The molecule has 0 aliphatic carbocycles. The molecule has 0 aliphatic rings. The second kappa shape index (κ2) is 6.46. The summed E-state index contributed by atoms with van der Waals surface area (Å²) in [5, 5.41) is 10.9. The van der Waals surface area contributed by atoms with Gasteiger partial charge < -0.3 is 9.64 Å². The number of nitrogens with zero attached hydrogens (tertiary/aromatic N) is 2. The number of esters is 1. The van der Waals surface area contributed by atoms with E-state index >= 15 is 0 Å². The minimum Gasteiger partial charge on any atom is -0.465 e. The molecule has 0 aliphatic heterocycles. The van der Waals surface area contributed by atoms with Gasteiger partial charge in [-0.2, -0.15) is 0 Å². The van der Waals surface area contributed by atoms with Crippen molar-refractivity contribution in [1.29, 1.82) is 0 Å². The van der Waals surface area contributed by atoms with Crippen molar-refractivity contribution in [3.8, 4) is 0 Å². The Hall–Kier alpha value is -1.70. The van der Waals surface area contributed by atoms with Crippen molar-refractivity contribution in [3.63, 3.8) is 0 Å². The van der Waals surface area contributed by atoms with E-state index < -0.39 is 16.7 Å². The highest BCUT2D eigenvalue weighted by Gasteiger charge is 2.22. The fourth-order valence-corrected chi connectivity index (χ4v) is 1.79. The molecule has 0 heterocycles. The molecule has 1 rings (SSSR count). The first-order chi connectivity index (χ1) is 8.86. The molecule has 104 valence electrons. The summed E-state index contributed by atoms with van der Waals surface area (Å²) in [7, 11) is 1.45. The lowest BCUT2D eigenvalue weighted by molar-refractivity contribution is -0.384. The topological polar surface area (TPSA) is 72.7 Å². The van der Waals surface area contributed by atoms with E-state index in [1.165, 1.54) is 11.9 Å². The minimum absolute atomic E-state index is 0.00696. The second-order valence-corrected chi connectivity index (χ2v) is 4.53. The molecule has 8 heteroatoms. The van der Waals surface area contributed by atoms with Crippen LogP contribution in [0.4, 0.5) is 15.8 Å². The zero-order valence-electron chi connectivity index (χ0n) is 10.4. The summed E-state index contributed by atoms with van der Waals surface area (Å²) >= 11 is 2.88. The number of rotatable bonds is 5. The highest BCUT2D eigenvalue weighted by molar-refractivity contribution is 9.10. The molecule has 0 aromatic heterocycles. The smallest absolute Gasteiger partial charge is 0.325 e. The normalized spacial score (nSPS) is 10.1. The highest BCUT2D eigenvalue weighted by atomic mass is 79.9. The third-order valence-electron chi connectivity index (χ3n) is 2.30. The lowest BCUT2D eigenvalue weighted by atomic mass is 10.2. The Morgan fingerprint density at radius 3 is 2.74 bits per heavy atom. The maximum Gasteiger partial charge on any atom is 0.325 e. The molecule has 0 atom stereocenters. The van der Waals surface area contributed by atoms with Crippen LogP contribution in [0.1, 0.15) is 6.92 Å². The lowest BCUT2D eigenvalue weighted by Gasteiger charge is -2.18. The van der Waals surface area contributed by atoms with Crippen molar-refractivity contribution < 1.29 is 18.8 Å². The van der Waals surface area contributed by atoms with Crippen LogP contribution in [0.15, 0.2) is 16.6 Å². The molecule has 19 heavy (non-hydrogen) atoms. The fraction of sp³-hybridized carbons (Fsp3) is 0.364. The van der Waals surface area contributed by atoms with Crippen molar-refractivity contribution in [1.82, 2.24) is 0 Å². The third-order valence-corrected chi connectivity index (χ3v) is 2.90. The maximum atomic E-state index is 13.5. The van der Waals surface area contributed by atoms with E-state index in [0.717, 1.165) is 12.1 Å². The summed E-state index contributed by atoms with van der Waals surface area (Å²) in [5.41, 5.74) is -0.279. The number of benzene rings is 1. The van der Waals surface area contributed by atoms with Gasteiger partial charge in [0.15, 0.2) is 0 Å². The van der Waals surface area contributed by atoms with E-state index in [1.54, 1.807) is 6.92 Å². The van der Waals surface area contributed by atoms with Gasteiger partial charge in [-0.15, -0.1) is 0 Å². The first-order valence-corrected chi connectivity index (χ1v) is 6.16. The first kappa shape index (κ1) is 15.4. The van der Waals surface area contributed by atoms with E-state index in [2.05, 4.69) is 15.9 Å². The second-order valence-electron chi connectivity index (χ2n) is 3.67. The van der Waals surface area contributed by atoms with Crippen LogP contribution in [0.3, 0.4) is 0 Å². The third kappa shape index (κ3) is 3.88. The summed E-state index contributed by atoms with van der Waals surface area (Å²) in [6.45, 7) is 1.67. The number of hydrogen-bond donors (Lipinski definition) is 0. The number of carbonyl (C=O) groups excluding carboxylic acids is 1. The van der Waals surface area contributed by atoms with Crippen molar-refractivity contribution >= 4 is 33.3 Å². The molecule has 1 aromatic carbocycles. The summed E-state index contributed by atoms with van der Waals surface area (Å²) < 4.78 is 18.2. The average molecular weight is 335 g/mol. The zero-order chi connectivity index (χ0) is 14.6. The fourth-order valence-electron chi connectivity index (χ4n) is 1.46. The van der Waals surface area contributed by atoms with Crippen molar-refractivity contribution in [3.05, 3.63) is 32.5 Å². The van der Waals surface area contributed by atoms with Crippen molar-refractivity contribution in [2.24, 2.45) is 0 Å². The molecule has 0 radical (unpaired) electrons. The minimum atomic E-state index is -0.642. The predicted octanol–water partition coefficient (Wildman–Crippen LogP) is 2.50. The van der Waals surface area contributed by atoms with Crippen LogP contribution < -0.4 is 4.90 Å². The van der Waals surface area contributed by atoms with Gasteiger partial charge >= 0.3 is 5.97 Å². The molecule has 6 nitrogen and oxygen atoms in total.